The van der Waals surface area contributed by atoms with Crippen molar-refractivity contribution < 1.29 is 9.47 Å². The number of hydrogen-bond acceptors (Lipinski definition) is 5. The Labute approximate surface area is 144 Å². The zero-order chi connectivity index (χ0) is 17.1. The molecule has 6 heteroatoms. The minimum atomic E-state index is 0.512. The molecule has 2 aromatic heterocycles. The Kier molecular flexibility index (Phi) is 4.00. The first kappa shape index (κ1) is 15.1. The summed E-state index contributed by atoms with van der Waals surface area (Å²) in [7, 11) is 0. The third-order valence-electron chi connectivity index (χ3n) is 3.64. The molecule has 124 valence electrons. The number of fused-ring (bicyclic) bond motifs is 1. The third kappa shape index (κ3) is 3.42. The fraction of sp³-hybridized carbons (Fsp3) is 0.105. The van der Waals surface area contributed by atoms with Gasteiger partial charge in [-0.15, -0.1) is 0 Å². The Morgan fingerprint density at radius 3 is 2.52 bits per heavy atom. The lowest BCUT2D eigenvalue weighted by molar-refractivity contribution is 0.305. The number of rotatable bonds is 5. The van der Waals surface area contributed by atoms with Gasteiger partial charge in [-0.3, -0.25) is 0 Å². The highest BCUT2D eigenvalue weighted by molar-refractivity contribution is 5.37. The van der Waals surface area contributed by atoms with E-state index in [1.54, 1.807) is 4.52 Å². The molecule has 0 aliphatic heterocycles. The maximum Gasteiger partial charge on any atom is 0.255 e. The van der Waals surface area contributed by atoms with Crippen molar-refractivity contribution in [1.82, 2.24) is 19.6 Å². The van der Waals surface area contributed by atoms with Crippen LogP contribution in [0, 0.1) is 6.92 Å². The quantitative estimate of drug-likeness (QED) is 0.556. The SMILES string of the molecule is Cc1cc(Oc2ccc(OCc3ccccc3)cc2)n2ncnc2n1. The summed E-state index contributed by atoms with van der Waals surface area (Å²) in [5.41, 5.74) is 1.95. The van der Waals surface area contributed by atoms with E-state index in [1.165, 1.54) is 6.33 Å². The van der Waals surface area contributed by atoms with E-state index in [1.807, 2.05) is 67.6 Å². The van der Waals surface area contributed by atoms with Crippen molar-refractivity contribution in [1.29, 1.82) is 0 Å². The van der Waals surface area contributed by atoms with Gasteiger partial charge < -0.3 is 9.47 Å². The fourth-order valence-electron chi connectivity index (χ4n) is 2.44. The maximum absolute atomic E-state index is 5.91. The van der Waals surface area contributed by atoms with Crippen LogP contribution in [0.1, 0.15) is 11.3 Å². The summed E-state index contributed by atoms with van der Waals surface area (Å²) in [5.74, 6) is 2.55. The molecule has 0 radical (unpaired) electrons. The van der Waals surface area contributed by atoms with E-state index in [4.69, 9.17) is 9.47 Å². The highest BCUT2D eigenvalue weighted by Gasteiger charge is 2.08. The van der Waals surface area contributed by atoms with Crippen molar-refractivity contribution in [2.75, 3.05) is 0 Å². The van der Waals surface area contributed by atoms with Gasteiger partial charge in [-0.2, -0.15) is 14.6 Å². The molecule has 0 unspecified atom stereocenters. The molecule has 0 aliphatic rings. The summed E-state index contributed by atoms with van der Waals surface area (Å²) < 4.78 is 13.3. The summed E-state index contributed by atoms with van der Waals surface area (Å²) in [5, 5.41) is 4.13. The van der Waals surface area contributed by atoms with Crippen LogP contribution in [-0.2, 0) is 6.61 Å². The molecule has 0 saturated heterocycles. The van der Waals surface area contributed by atoms with Gasteiger partial charge in [0.05, 0.1) is 0 Å². The summed E-state index contributed by atoms with van der Waals surface area (Å²) in [6.07, 6.45) is 1.45. The summed E-state index contributed by atoms with van der Waals surface area (Å²) in [6, 6.07) is 19.4. The monoisotopic (exact) mass is 332 g/mol. The lowest BCUT2D eigenvalue weighted by Crippen LogP contribution is -1.99. The lowest BCUT2D eigenvalue weighted by atomic mass is 10.2. The molecule has 0 bridgehead atoms. The number of aryl methyl sites for hydroxylation is 1. The molecule has 0 amide bonds. The van der Waals surface area contributed by atoms with Gasteiger partial charge in [-0.25, -0.2) is 4.98 Å². The van der Waals surface area contributed by atoms with Gasteiger partial charge in [-0.1, -0.05) is 30.3 Å². The van der Waals surface area contributed by atoms with Gasteiger partial charge >= 0.3 is 0 Å². The fourth-order valence-corrected chi connectivity index (χ4v) is 2.44. The molecule has 0 N–H and O–H groups in total. The molecule has 0 fully saturated rings. The van der Waals surface area contributed by atoms with Crippen LogP contribution in [0.3, 0.4) is 0 Å². The summed E-state index contributed by atoms with van der Waals surface area (Å²) >= 11 is 0. The predicted molar refractivity (Wildman–Crippen MR) is 92.8 cm³/mol. The minimum absolute atomic E-state index is 0.512. The van der Waals surface area contributed by atoms with Gasteiger partial charge in [0.15, 0.2) is 0 Å². The molecule has 4 aromatic rings. The number of aromatic nitrogens is 4. The predicted octanol–water partition coefficient (Wildman–Crippen LogP) is 3.80. The molecule has 0 aliphatic carbocycles. The average molecular weight is 332 g/mol. The molecule has 0 spiro atoms. The van der Waals surface area contributed by atoms with Crippen LogP contribution < -0.4 is 9.47 Å². The van der Waals surface area contributed by atoms with Gasteiger partial charge in [0, 0.05) is 11.8 Å². The van der Waals surface area contributed by atoms with Crippen molar-refractivity contribution in [3.63, 3.8) is 0 Å². The second-order valence-corrected chi connectivity index (χ2v) is 5.56. The largest absolute Gasteiger partial charge is 0.489 e. The van der Waals surface area contributed by atoms with Gasteiger partial charge in [-0.05, 0) is 36.8 Å². The molecule has 25 heavy (non-hydrogen) atoms. The highest BCUT2D eigenvalue weighted by Crippen LogP contribution is 2.24. The first-order chi connectivity index (χ1) is 12.3. The Morgan fingerprint density at radius 2 is 1.72 bits per heavy atom. The topological polar surface area (TPSA) is 61.5 Å². The van der Waals surface area contributed by atoms with Crippen molar-refractivity contribution in [2.24, 2.45) is 0 Å². The van der Waals surface area contributed by atoms with Crippen LogP contribution in [0.4, 0.5) is 0 Å². The minimum Gasteiger partial charge on any atom is -0.489 e. The van der Waals surface area contributed by atoms with E-state index in [-0.39, 0.29) is 0 Å². The summed E-state index contributed by atoms with van der Waals surface area (Å²) in [6.45, 7) is 2.42. The normalized spacial score (nSPS) is 10.8. The number of benzene rings is 2. The number of hydrogen-bond donors (Lipinski definition) is 0. The zero-order valence-electron chi connectivity index (χ0n) is 13.7. The molecule has 4 rings (SSSR count). The molecule has 0 saturated carbocycles. The number of ether oxygens (including phenoxy) is 2. The van der Waals surface area contributed by atoms with Crippen molar-refractivity contribution in [3.05, 3.63) is 78.2 Å². The van der Waals surface area contributed by atoms with E-state index in [2.05, 4.69) is 15.1 Å². The lowest BCUT2D eigenvalue weighted by Gasteiger charge is -2.09. The van der Waals surface area contributed by atoms with E-state index in [0.29, 0.717) is 24.0 Å². The van der Waals surface area contributed by atoms with Crippen molar-refractivity contribution in [2.45, 2.75) is 13.5 Å². The van der Waals surface area contributed by atoms with Gasteiger partial charge in [0.1, 0.15) is 24.4 Å². The van der Waals surface area contributed by atoms with Crippen LogP contribution in [0.5, 0.6) is 17.4 Å². The first-order valence-electron chi connectivity index (χ1n) is 7.90. The molecule has 6 nitrogen and oxygen atoms in total. The van der Waals surface area contributed by atoms with Crippen LogP contribution in [0.2, 0.25) is 0 Å². The smallest absolute Gasteiger partial charge is 0.255 e. The standard InChI is InChI=1S/C19H16N4O2/c1-14-11-18(23-19(22-14)20-13-21-23)25-17-9-7-16(8-10-17)24-12-15-5-3-2-4-6-15/h2-11,13H,12H2,1H3. The van der Waals surface area contributed by atoms with Crippen LogP contribution >= 0.6 is 0 Å². The van der Waals surface area contributed by atoms with E-state index in [0.717, 1.165) is 17.0 Å². The Bertz CT molecular complexity index is 981. The number of nitrogens with zero attached hydrogens (tertiary/aromatic N) is 4. The van der Waals surface area contributed by atoms with Crippen LogP contribution in [0.15, 0.2) is 67.0 Å². The Hall–Kier alpha value is -3.41. The molecular formula is C19H16N4O2. The van der Waals surface area contributed by atoms with E-state index < -0.39 is 0 Å². The highest BCUT2D eigenvalue weighted by atomic mass is 16.5. The second-order valence-electron chi connectivity index (χ2n) is 5.56. The van der Waals surface area contributed by atoms with Crippen molar-refractivity contribution >= 4 is 5.78 Å². The van der Waals surface area contributed by atoms with Crippen molar-refractivity contribution in [3.8, 4) is 17.4 Å². The van der Waals surface area contributed by atoms with Crippen LogP contribution in [0.25, 0.3) is 5.78 Å². The van der Waals surface area contributed by atoms with E-state index >= 15 is 0 Å². The second kappa shape index (κ2) is 6.60. The Morgan fingerprint density at radius 1 is 0.960 bits per heavy atom. The average Bonchev–Trinajstić information content (AvgIpc) is 3.10. The molecule has 2 heterocycles. The third-order valence-corrected chi connectivity index (χ3v) is 3.64. The Balaban J connectivity index is 1.47. The maximum atomic E-state index is 5.91. The molecule has 0 atom stereocenters. The van der Waals surface area contributed by atoms with E-state index in [9.17, 15) is 0 Å². The van der Waals surface area contributed by atoms with Gasteiger partial charge in [0.2, 0.25) is 5.88 Å². The molecule has 2 aromatic carbocycles. The first-order valence-corrected chi connectivity index (χ1v) is 7.90. The molecular weight excluding hydrogens is 316 g/mol. The van der Waals surface area contributed by atoms with Gasteiger partial charge in [0.25, 0.3) is 5.78 Å². The zero-order valence-corrected chi connectivity index (χ0v) is 13.7. The van der Waals surface area contributed by atoms with Crippen LogP contribution in [-0.4, -0.2) is 19.6 Å². The summed E-state index contributed by atoms with van der Waals surface area (Å²) in [4.78, 5) is 8.38.